The van der Waals surface area contributed by atoms with Crippen molar-refractivity contribution >= 4 is 81.4 Å². The van der Waals surface area contributed by atoms with Crippen molar-refractivity contribution in [1.29, 1.82) is 0 Å². The monoisotopic (exact) mass is 484 g/mol. The molecule has 0 saturated carbocycles. The van der Waals surface area contributed by atoms with Crippen LogP contribution >= 0.6 is 23.1 Å². The van der Waals surface area contributed by atoms with Gasteiger partial charge in [-0.15, -0.1) is 10.2 Å². The quantitative estimate of drug-likeness (QED) is 0.278. The van der Waals surface area contributed by atoms with Crippen molar-refractivity contribution < 1.29 is 24.6 Å². The number of phenolic OH excluding ortho intramolecular Hbond substituents is 1. The number of phenols is 1. The van der Waals surface area contributed by atoms with E-state index in [0.717, 1.165) is 23.1 Å². The van der Waals surface area contributed by atoms with Crippen LogP contribution in [0.2, 0.25) is 0 Å². The van der Waals surface area contributed by atoms with E-state index in [0.29, 0.717) is 27.9 Å². The van der Waals surface area contributed by atoms with Gasteiger partial charge in [0.1, 0.15) is 17.5 Å². The summed E-state index contributed by atoms with van der Waals surface area (Å²) in [6.45, 7) is 0.316. The maximum absolute atomic E-state index is 12.9. The van der Waals surface area contributed by atoms with Gasteiger partial charge < -0.3 is 26.2 Å². The van der Waals surface area contributed by atoms with E-state index in [2.05, 4.69) is 15.5 Å². The van der Waals surface area contributed by atoms with Gasteiger partial charge in [-0.25, -0.2) is 9.59 Å². The summed E-state index contributed by atoms with van der Waals surface area (Å²) in [6, 6.07) is 4.50. The van der Waals surface area contributed by atoms with Gasteiger partial charge in [-0.1, -0.05) is 23.1 Å². The summed E-state index contributed by atoms with van der Waals surface area (Å²) in [5.74, 6) is -1.63. The number of benzene rings is 1. The van der Waals surface area contributed by atoms with Crippen LogP contribution in [0.5, 0.6) is 5.75 Å². The van der Waals surface area contributed by atoms with E-state index >= 15 is 0 Å². The molecule has 1 aromatic carbocycles. The molecule has 5 N–H and O–H groups in total. The van der Waals surface area contributed by atoms with Gasteiger partial charge in [0.05, 0.1) is 6.04 Å². The summed E-state index contributed by atoms with van der Waals surface area (Å²) in [5.41, 5.74) is 6.03. The molecule has 0 aliphatic carbocycles. The zero-order valence-corrected chi connectivity index (χ0v) is 17.4. The number of hydrogen-bond donors (Lipinski definition) is 4. The third-order valence-corrected chi connectivity index (χ3v) is 7.44. The van der Waals surface area contributed by atoms with Gasteiger partial charge in [0.15, 0.2) is 4.34 Å². The Balaban J connectivity index is 0.00000245. The van der Waals surface area contributed by atoms with Gasteiger partial charge in [-0.2, -0.15) is 0 Å². The molecule has 4 heterocycles. The van der Waals surface area contributed by atoms with E-state index in [9.17, 15) is 24.6 Å². The minimum absolute atomic E-state index is 0. The van der Waals surface area contributed by atoms with Gasteiger partial charge in [-0.05, 0) is 30.7 Å². The molecule has 5 rings (SSSR count). The molecule has 0 radical (unpaired) electrons. The summed E-state index contributed by atoms with van der Waals surface area (Å²) < 4.78 is 0.495. The number of rotatable bonds is 4. The van der Waals surface area contributed by atoms with Crippen LogP contribution in [0.15, 0.2) is 39.2 Å². The first-order valence-electron chi connectivity index (χ1n) is 9.26. The van der Waals surface area contributed by atoms with Crippen molar-refractivity contribution in [2.75, 3.05) is 17.6 Å². The molecule has 32 heavy (non-hydrogen) atoms. The van der Waals surface area contributed by atoms with Gasteiger partial charge in [0.25, 0.3) is 5.91 Å². The molecule has 2 aromatic rings. The SMILES string of the molecule is Nc1nnc(SC2=C(C(=O)O)N3C(=O)[C@@H]4[C@H]3[C@H](C2)CN4C(=O)Nc2ccc(O)cc2)s1.[NaH]. The molecule has 2 saturated heterocycles. The number of urea groups is 1. The molecule has 1 aromatic heterocycles. The summed E-state index contributed by atoms with van der Waals surface area (Å²) in [7, 11) is 0. The van der Waals surface area contributed by atoms with Crippen molar-refractivity contribution in [1.82, 2.24) is 20.0 Å². The molecule has 2 fully saturated rings. The molecule has 3 atom stereocenters. The Morgan fingerprint density at radius 1 is 1.25 bits per heavy atom. The fourth-order valence-corrected chi connectivity index (χ4v) is 6.24. The third-order valence-electron chi connectivity index (χ3n) is 5.53. The number of anilines is 2. The van der Waals surface area contributed by atoms with Gasteiger partial charge in [0.2, 0.25) is 5.13 Å². The molecule has 3 aliphatic rings. The molecular formula is C18H17N6NaO5S2. The van der Waals surface area contributed by atoms with Crippen LogP contribution in [-0.4, -0.2) is 96.3 Å². The normalized spacial score (nSPS) is 23.4. The number of hydrogen-bond acceptors (Lipinski definition) is 9. The van der Waals surface area contributed by atoms with Gasteiger partial charge in [0, 0.05) is 23.1 Å². The summed E-state index contributed by atoms with van der Waals surface area (Å²) in [4.78, 5) is 41.0. The number of aromatic nitrogens is 2. The van der Waals surface area contributed by atoms with Crippen molar-refractivity contribution in [2.45, 2.75) is 22.8 Å². The molecule has 11 nitrogen and oxygen atoms in total. The molecule has 0 bridgehead atoms. The Kier molecular flexibility index (Phi) is 6.11. The molecule has 162 valence electrons. The fraction of sp³-hybridized carbons (Fsp3) is 0.278. The Labute approximate surface area is 211 Å². The standard InChI is InChI=1S/C18H16N6O5S2.Na.H/c19-16-21-22-18(31-16)30-10-5-7-6-23(17(29)20-8-1-3-9(25)4-2-8)13-11(7)24(14(13)26)12(10)15(27)28;;/h1-4,7,11,13,25H,5-6H2,(H2,19,21)(H,20,29)(H,27,28);;/t7-,11-,13+;;/m1../s1. The van der Waals surface area contributed by atoms with Crippen molar-refractivity contribution in [3.63, 3.8) is 0 Å². The number of nitrogens with zero attached hydrogens (tertiary/aromatic N) is 4. The second-order valence-corrected chi connectivity index (χ2v) is 9.67. The fourth-order valence-electron chi connectivity index (χ4n) is 4.30. The number of aromatic hydroxyl groups is 1. The summed E-state index contributed by atoms with van der Waals surface area (Å²) >= 11 is 2.28. The van der Waals surface area contributed by atoms with E-state index < -0.39 is 23.9 Å². The van der Waals surface area contributed by atoms with Crippen molar-refractivity contribution in [3.05, 3.63) is 34.9 Å². The number of nitrogens with one attached hydrogen (secondary N) is 1. The Morgan fingerprint density at radius 2 is 1.97 bits per heavy atom. The van der Waals surface area contributed by atoms with Gasteiger partial charge in [-0.3, -0.25) is 9.69 Å². The first-order valence-corrected chi connectivity index (χ1v) is 10.9. The first kappa shape index (κ1) is 22.9. The van der Waals surface area contributed by atoms with E-state index in [-0.39, 0.29) is 58.1 Å². The average Bonchev–Trinajstić information content (AvgIpc) is 3.30. The average molecular weight is 484 g/mol. The molecule has 0 unspecified atom stereocenters. The number of allylic oxidation sites excluding steroid dienone is 1. The molecular weight excluding hydrogens is 467 g/mol. The van der Waals surface area contributed by atoms with Crippen molar-refractivity contribution in [3.8, 4) is 5.75 Å². The molecule has 0 spiro atoms. The number of likely N-dealkylation sites (tertiary alicyclic amines) is 1. The zero-order valence-electron chi connectivity index (χ0n) is 15.8. The zero-order chi connectivity index (χ0) is 21.9. The molecule has 3 amide bonds. The van der Waals surface area contributed by atoms with Crippen LogP contribution in [0.3, 0.4) is 0 Å². The second kappa shape index (κ2) is 8.56. The number of amides is 3. The predicted octanol–water partition coefficient (Wildman–Crippen LogP) is 0.713. The van der Waals surface area contributed by atoms with Crippen LogP contribution < -0.4 is 11.1 Å². The van der Waals surface area contributed by atoms with Crippen molar-refractivity contribution in [2.24, 2.45) is 5.92 Å². The third kappa shape index (κ3) is 3.73. The summed E-state index contributed by atoms with van der Waals surface area (Å²) in [6.07, 6.45) is 0.403. The molecule has 14 heteroatoms. The summed E-state index contributed by atoms with van der Waals surface area (Å²) in [5, 5.41) is 29.8. The minimum atomic E-state index is -1.20. The van der Waals surface area contributed by atoms with E-state index in [4.69, 9.17) is 5.73 Å². The number of carbonyl (C=O) groups excluding carboxylic acids is 2. The number of aliphatic carboxylic acids is 1. The number of carboxylic acid groups (broad SMARTS) is 1. The number of β-lactam (4-membered cyclic amide) rings is 1. The van der Waals surface area contributed by atoms with E-state index in [1.807, 2.05) is 0 Å². The van der Waals surface area contributed by atoms with Crippen LogP contribution in [-0.2, 0) is 9.59 Å². The van der Waals surface area contributed by atoms with Crippen LogP contribution in [0.25, 0.3) is 0 Å². The Hall–Kier alpha value is -2.32. The number of carbonyl (C=O) groups is 3. The molecule has 3 aliphatic heterocycles. The topological polar surface area (TPSA) is 162 Å². The number of carboxylic acids is 1. The number of nitrogens with two attached hydrogens (primary N) is 1. The van der Waals surface area contributed by atoms with Crippen LogP contribution in [0.4, 0.5) is 15.6 Å². The van der Waals surface area contributed by atoms with Crippen LogP contribution in [0.1, 0.15) is 6.42 Å². The van der Waals surface area contributed by atoms with Crippen LogP contribution in [0, 0.1) is 5.92 Å². The number of nitrogen functional groups attached to an aromatic ring is 1. The Morgan fingerprint density at radius 3 is 2.59 bits per heavy atom. The van der Waals surface area contributed by atoms with E-state index in [1.54, 1.807) is 12.1 Å². The van der Waals surface area contributed by atoms with E-state index in [1.165, 1.54) is 21.9 Å². The maximum atomic E-state index is 12.9. The first-order chi connectivity index (χ1) is 14.8. The predicted molar refractivity (Wildman–Crippen MR) is 118 cm³/mol. The second-order valence-electron chi connectivity index (χ2n) is 7.32. The van der Waals surface area contributed by atoms with Gasteiger partial charge >= 0.3 is 41.6 Å². The Bertz CT molecular complexity index is 1140. The number of thioether (sulfide) groups is 1.